The van der Waals surface area contributed by atoms with Crippen molar-refractivity contribution in [2.45, 2.75) is 31.7 Å². The lowest BCUT2D eigenvalue weighted by molar-refractivity contribution is 0.0876. The van der Waals surface area contributed by atoms with Gasteiger partial charge in [0.05, 0.1) is 4.88 Å². The molecule has 2 unspecified atom stereocenters. The average molecular weight is 307 g/mol. The number of benzene rings is 1. The minimum Gasteiger partial charge on any atom is -0.396 e. The van der Waals surface area contributed by atoms with Crippen molar-refractivity contribution in [2.75, 3.05) is 6.61 Å². The third-order valence-corrected chi connectivity index (χ3v) is 5.28. The number of aliphatic hydroxyl groups is 1. The first-order valence-electron chi connectivity index (χ1n) is 7.28. The molecule has 0 aliphatic heterocycles. The van der Waals surface area contributed by atoms with Crippen molar-refractivity contribution in [3.8, 4) is 0 Å². The highest BCUT2D eigenvalue weighted by Crippen LogP contribution is 2.28. The van der Waals surface area contributed by atoms with Crippen LogP contribution in [0, 0.1) is 11.7 Å². The summed E-state index contributed by atoms with van der Waals surface area (Å²) in [6.07, 6.45) is 4.06. The molecule has 5 heteroatoms. The van der Waals surface area contributed by atoms with Crippen molar-refractivity contribution in [2.24, 2.45) is 5.92 Å². The van der Waals surface area contributed by atoms with Gasteiger partial charge in [-0.05, 0) is 42.5 Å². The molecule has 0 bridgehead atoms. The van der Waals surface area contributed by atoms with Gasteiger partial charge in [0, 0.05) is 23.3 Å². The summed E-state index contributed by atoms with van der Waals surface area (Å²) in [7, 11) is 0. The summed E-state index contributed by atoms with van der Waals surface area (Å²) >= 11 is 1.37. The molecule has 1 saturated carbocycles. The molecule has 21 heavy (non-hydrogen) atoms. The maximum Gasteiger partial charge on any atom is 0.261 e. The lowest BCUT2D eigenvalue weighted by Gasteiger charge is -2.30. The molecule has 1 aromatic carbocycles. The van der Waals surface area contributed by atoms with Crippen LogP contribution in [0.2, 0.25) is 0 Å². The minimum atomic E-state index is -0.292. The third kappa shape index (κ3) is 3.09. The van der Waals surface area contributed by atoms with E-state index in [1.807, 2.05) is 0 Å². The van der Waals surface area contributed by atoms with Crippen LogP contribution in [-0.4, -0.2) is 23.7 Å². The van der Waals surface area contributed by atoms with Crippen LogP contribution in [0.15, 0.2) is 24.3 Å². The van der Waals surface area contributed by atoms with E-state index >= 15 is 0 Å². The first-order valence-corrected chi connectivity index (χ1v) is 8.10. The van der Waals surface area contributed by atoms with Gasteiger partial charge >= 0.3 is 0 Å². The molecule has 1 aromatic heterocycles. The molecule has 1 fully saturated rings. The van der Waals surface area contributed by atoms with Gasteiger partial charge < -0.3 is 10.4 Å². The van der Waals surface area contributed by atoms with Gasteiger partial charge in [-0.1, -0.05) is 12.8 Å². The highest BCUT2D eigenvalue weighted by molar-refractivity contribution is 7.20. The van der Waals surface area contributed by atoms with E-state index in [4.69, 9.17) is 0 Å². The quantitative estimate of drug-likeness (QED) is 0.914. The van der Waals surface area contributed by atoms with E-state index < -0.39 is 0 Å². The van der Waals surface area contributed by atoms with Gasteiger partial charge in [-0.15, -0.1) is 11.3 Å². The number of hydrogen-bond donors (Lipinski definition) is 2. The molecule has 3 nitrogen and oxygen atoms in total. The van der Waals surface area contributed by atoms with E-state index in [0.717, 1.165) is 35.8 Å². The summed E-state index contributed by atoms with van der Waals surface area (Å²) in [5, 5.41) is 13.2. The number of hydrogen-bond acceptors (Lipinski definition) is 3. The Kier molecular flexibility index (Phi) is 4.22. The van der Waals surface area contributed by atoms with E-state index in [1.54, 1.807) is 12.1 Å². The largest absolute Gasteiger partial charge is 0.396 e. The number of aliphatic hydroxyl groups excluding tert-OH is 1. The molecule has 0 spiro atoms. The number of carbonyl (C=O) groups excluding carboxylic acids is 1. The Hall–Kier alpha value is -1.46. The molecule has 1 aliphatic carbocycles. The predicted octanol–water partition coefficient (Wildman–Crippen LogP) is 3.32. The Labute approximate surface area is 126 Å². The number of rotatable bonds is 3. The highest BCUT2D eigenvalue weighted by atomic mass is 32.1. The van der Waals surface area contributed by atoms with Crippen LogP contribution in [0.1, 0.15) is 35.4 Å². The first-order chi connectivity index (χ1) is 10.2. The van der Waals surface area contributed by atoms with Gasteiger partial charge in [-0.3, -0.25) is 4.79 Å². The summed E-state index contributed by atoms with van der Waals surface area (Å²) in [6.45, 7) is 0.114. The van der Waals surface area contributed by atoms with Crippen LogP contribution in [0.25, 0.3) is 10.1 Å². The van der Waals surface area contributed by atoms with Crippen LogP contribution in [0.3, 0.4) is 0 Å². The fourth-order valence-corrected chi connectivity index (χ4v) is 3.93. The molecule has 112 valence electrons. The number of halogens is 1. The summed E-state index contributed by atoms with van der Waals surface area (Å²) in [5.41, 5.74) is 0. The molecule has 1 heterocycles. The van der Waals surface area contributed by atoms with Crippen molar-refractivity contribution in [3.63, 3.8) is 0 Å². The van der Waals surface area contributed by atoms with Crippen molar-refractivity contribution in [3.05, 3.63) is 35.0 Å². The summed E-state index contributed by atoms with van der Waals surface area (Å²) in [6, 6.07) is 6.32. The van der Waals surface area contributed by atoms with Crippen molar-refractivity contribution >= 4 is 27.3 Å². The number of carbonyl (C=O) groups is 1. The van der Waals surface area contributed by atoms with E-state index in [-0.39, 0.29) is 30.3 Å². The molecule has 1 amide bonds. The first kappa shape index (κ1) is 14.5. The molecule has 0 saturated heterocycles. The van der Waals surface area contributed by atoms with Crippen LogP contribution >= 0.6 is 11.3 Å². The molecule has 3 rings (SSSR count). The normalized spacial score (nSPS) is 22.4. The third-order valence-electron chi connectivity index (χ3n) is 4.16. The molecular weight excluding hydrogens is 289 g/mol. The molecule has 2 aromatic rings. The van der Waals surface area contributed by atoms with Gasteiger partial charge in [0.15, 0.2) is 0 Å². The van der Waals surface area contributed by atoms with Crippen molar-refractivity contribution < 1.29 is 14.3 Å². The second kappa shape index (κ2) is 6.12. The number of amides is 1. The summed E-state index contributed by atoms with van der Waals surface area (Å²) in [5.74, 6) is -0.267. The fourth-order valence-electron chi connectivity index (χ4n) is 2.98. The smallest absolute Gasteiger partial charge is 0.261 e. The molecule has 1 aliphatic rings. The molecule has 2 N–H and O–H groups in total. The maximum absolute atomic E-state index is 13.2. The van der Waals surface area contributed by atoms with E-state index in [0.29, 0.717) is 4.88 Å². The van der Waals surface area contributed by atoms with Gasteiger partial charge in [0.1, 0.15) is 5.82 Å². The standard InChI is InChI=1S/C16H18FNO2S/c17-12-5-6-14-11(7-12)8-15(21-14)16(20)18-13-4-2-1-3-10(13)9-19/h5-8,10,13,19H,1-4,9H2,(H,18,20). The Balaban J connectivity index is 1.77. The number of fused-ring (bicyclic) bond motifs is 1. The lowest BCUT2D eigenvalue weighted by Crippen LogP contribution is -2.43. The van der Waals surface area contributed by atoms with E-state index in [9.17, 15) is 14.3 Å². The summed E-state index contributed by atoms with van der Waals surface area (Å²) < 4.78 is 14.1. The number of thiophene rings is 1. The zero-order chi connectivity index (χ0) is 14.8. The minimum absolute atomic E-state index is 0.0400. The molecule has 0 radical (unpaired) electrons. The monoisotopic (exact) mass is 307 g/mol. The van der Waals surface area contributed by atoms with E-state index in [1.165, 1.54) is 23.5 Å². The van der Waals surface area contributed by atoms with Crippen LogP contribution in [-0.2, 0) is 0 Å². The van der Waals surface area contributed by atoms with Gasteiger partial charge in [0.25, 0.3) is 5.91 Å². The van der Waals surface area contributed by atoms with E-state index in [2.05, 4.69) is 5.32 Å². The fraction of sp³-hybridized carbons (Fsp3) is 0.438. The second-order valence-electron chi connectivity index (χ2n) is 5.60. The van der Waals surface area contributed by atoms with Gasteiger partial charge in [0.2, 0.25) is 0 Å². The van der Waals surface area contributed by atoms with Crippen molar-refractivity contribution in [1.29, 1.82) is 0 Å². The van der Waals surface area contributed by atoms with Crippen LogP contribution < -0.4 is 5.32 Å². The zero-order valence-corrected chi connectivity index (χ0v) is 12.5. The molecular formula is C16H18FNO2S. The Bertz CT molecular complexity index is 655. The lowest BCUT2D eigenvalue weighted by atomic mass is 9.85. The van der Waals surface area contributed by atoms with Gasteiger partial charge in [-0.25, -0.2) is 4.39 Å². The molecule has 2 atom stereocenters. The van der Waals surface area contributed by atoms with Crippen LogP contribution in [0.4, 0.5) is 4.39 Å². The van der Waals surface area contributed by atoms with Crippen LogP contribution in [0.5, 0.6) is 0 Å². The summed E-state index contributed by atoms with van der Waals surface area (Å²) in [4.78, 5) is 12.9. The Morgan fingerprint density at radius 3 is 2.95 bits per heavy atom. The average Bonchev–Trinajstić information content (AvgIpc) is 2.91. The Morgan fingerprint density at radius 2 is 2.14 bits per heavy atom. The van der Waals surface area contributed by atoms with Crippen molar-refractivity contribution in [1.82, 2.24) is 5.32 Å². The predicted molar refractivity (Wildman–Crippen MR) is 82.1 cm³/mol. The second-order valence-corrected chi connectivity index (χ2v) is 6.68. The van der Waals surface area contributed by atoms with Gasteiger partial charge in [-0.2, -0.15) is 0 Å². The SMILES string of the molecule is O=C(NC1CCCCC1CO)c1cc2cc(F)ccc2s1. The topological polar surface area (TPSA) is 49.3 Å². The Morgan fingerprint density at radius 1 is 1.33 bits per heavy atom. The maximum atomic E-state index is 13.2. The highest BCUT2D eigenvalue weighted by Gasteiger charge is 2.26. The zero-order valence-electron chi connectivity index (χ0n) is 11.6. The number of nitrogens with one attached hydrogen (secondary N) is 1.